The van der Waals surface area contributed by atoms with Gasteiger partial charge in [0, 0.05) is 37.9 Å². The first-order chi connectivity index (χ1) is 18.9. The zero-order valence-corrected chi connectivity index (χ0v) is 23.0. The lowest BCUT2D eigenvalue weighted by Gasteiger charge is -2.54. The van der Waals surface area contributed by atoms with E-state index in [0.717, 1.165) is 29.7 Å². The van der Waals surface area contributed by atoms with Crippen molar-refractivity contribution in [1.82, 2.24) is 0 Å². The van der Waals surface area contributed by atoms with E-state index in [9.17, 15) is 27.6 Å². The van der Waals surface area contributed by atoms with Crippen LogP contribution in [0, 0.1) is 34.5 Å². The van der Waals surface area contributed by atoms with Crippen LogP contribution in [0.1, 0.15) is 70.3 Å². The Balaban J connectivity index is 1.68. The average Bonchev–Trinajstić information content (AvgIpc) is 3.22. The van der Waals surface area contributed by atoms with Crippen LogP contribution in [0.3, 0.4) is 0 Å². The number of ketones is 2. The van der Waals surface area contributed by atoms with Crippen molar-refractivity contribution in [3.63, 3.8) is 0 Å². The number of hydrogen-bond acceptors (Lipinski definition) is 5. The van der Waals surface area contributed by atoms with Crippen molar-refractivity contribution in [3.05, 3.63) is 52.6 Å². The van der Waals surface area contributed by atoms with Crippen molar-refractivity contribution in [2.24, 2.45) is 22.7 Å². The highest BCUT2D eigenvalue weighted by Gasteiger charge is 2.65. The van der Waals surface area contributed by atoms with Gasteiger partial charge in [-0.2, -0.15) is 13.2 Å². The molecule has 212 valence electrons. The summed E-state index contributed by atoms with van der Waals surface area (Å²) in [7, 11) is 1.83. The van der Waals surface area contributed by atoms with Gasteiger partial charge >= 0.3 is 12.1 Å². The molecule has 0 spiro atoms. The van der Waals surface area contributed by atoms with Crippen molar-refractivity contribution < 1.29 is 32.3 Å². The summed E-state index contributed by atoms with van der Waals surface area (Å²) in [6.07, 6.45) is 0.800. The van der Waals surface area contributed by atoms with Gasteiger partial charge in [0.25, 0.3) is 0 Å². The van der Waals surface area contributed by atoms with Crippen LogP contribution in [0.2, 0.25) is 0 Å². The molecule has 40 heavy (non-hydrogen) atoms. The van der Waals surface area contributed by atoms with E-state index >= 15 is 0 Å². The van der Waals surface area contributed by atoms with E-state index < -0.39 is 35.4 Å². The zero-order chi connectivity index (χ0) is 28.9. The van der Waals surface area contributed by atoms with Crippen LogP contribution in [-0.4, -0.2) is 37.4 Å². The standard InChI is InChI=1S/C32H34F3NO4/c1-19(37)40-18-28(39)31(14-15-32(33,34)35)13-12-27-25-10-6-21-16-23(38)9-11-24(21)29(25)26(17-30(27,31)2)20-4-7-22(36-3)8-5-20/h4-5,7-8,16,25-27,36H,6,9-13,17-18H2,1-3H3/t25-,26+,27-,30-,31+/m0/s1. The molecule has 1 aromatic carbocycles. The predicted molar refractivity (Wildman–Crippen MR) is 144 cm³/mol. The molecule has 0 saturated heterocycles. The second kappa shape index (κ2) is 10.2. The topological polar surface area (TPSA) is 72.5 Å². The van der Waals surface area contributed by atoms with Crippen LogP contribution in [0.25, 0.3) is 0 Å². The lowest BCUT2D eigenvalue weighted by molar-refractivity contribution is -0.150. The Kier molecular flexibility index (Phi) is 7.22. The molecule has 5 atom stereocenters. The van der Waals surface area contributed by atoms with Crippen molar-refractivity contribution in [2.45, 2.75) is 70.9 Å². The quantitative estimate of drug-likeness (QED) is 0.342. The SMILES string of the molecule is CNc1ccc([C@H]2C[C@@]3(C)[C@@H](CC[C@@]3(C#CC(F)(F)F)C(=O)COC(C)=O)[C@@H]3CCC4=CC(=O)CCC4=C32)cc1. The monoisotopic (exact) mass is 553 g/mol. The number of halogens is 3. The fraction of sp³-hybridized carbons (Fsp3) is 0.531. The van der Waals surface area contributed by atoms with Gasteiger partial charge in [-0.1, -0.05) is 30.6 Å². The third kappa shape index (κ3) is 4.78. The Morgan fingerprint density at radius 2 is 1.85 bits per heavy atom. The molecule has 0 bridgehead atoms. The van der Waals surface area contributed by atoms with Gasteiger partial charge in [-0.15, -0.1) is 0 Å². The lowest BCUT2D eigenvalue weighted by atomic mass is 9.48. The fourth-order valence-corrected chi connectivity index (χ4v) is 8.07. The summed E-state index contributed by atoms with van der Waals surface area (Å²) >= 11 is 0. The molecule has 4 aliphatic carbocycles. The number of nitrogens with one attached hydrogen (secondary N) is 1. The third-order valence-electron chi connectivity index (χ3n) is 9.83. The van der Waals surface area contributed by atoms with E-state index in [1.807, 2.05) is 38.2 Å². The van der Waals surface area contributed by atoms with Gasteiger partial charge in [-0.05, 0) is 90.7 Å². The minimum atomic E-state index is -4.76. The summed E-state index contributed by atoms with van der Waals surface area (Å²) < 4.78 is 45.5. The molecule has 1 N–H and O–H groups in total. The molecule has 0 radical (unpaired) electrons. The van der Waals surface area contributed by atoms with Crippen molar-refractivity contribution in [1.29, 1.82) is 0 Å². The van der Waals surface area contributed by atoms with E-state index in [0.29, 0.717) is 25.7 Å². The summed E-state index contributed by atoms with van der Waals surface area (Å²) in [4.78, 5) is 37.6. The van der Waals surface area contributed by atoms with Gasteiger partial charge in [0.1, 0.15) is 0 Å². The average molecular weight is 554 g/mol. The van der Waals surface area contributed by atoms with Crippen molar-refractivity contribution >= 4 is 23.2 Å². The lowest BCUT2D eigenvalue weighted by Crippen LogP contribution is -2.51. The molecule has 0 unspecified atom stereocenters. The highest BCUT2D eigenvalue weighted by atomic mass is 19.4. The summed E-state index contributed by atoms with van der Waals surface area (Å²) in [5.74, 6) is 2.65. The van der Waals surface area contributed by atoms with E-state index in [4.69, 9.17) is 4.74 Å². The maximum absolute atomic E-state index is 13.8. The minimum Gasteiger partial charge on any atom is -0.458 e. The molecule has 4 aliphatic rings. The van der Waals surface area contributed by atoms with Crippen LogP contribution < -0.4 is 5.32 Å². The van der Waals surface area contributed by atoms with E-state index in [1.165, 1.54) is 24.0 Å². The number of benzene rings is 1. The number of anilines is 1. The maximum atomic E-state index is 13.8. The van der Waals surface area contributed by atoms with Gasteiger partial charge in [0.05, 0.1) is 5.41 Å². The Morgan fingerprint density at radius 3 is 2.50 bits per heavy atom. The van der Waals surface area contributed by atoms with Crippen molar-refractivity contribution in [2.75, 3.05) is 19.0 Å². The van der Waals surface area contributed by atoms with Crippen LogP contribution in [0.4, 0.5) is 18.9 Å². The van der Waals surface area contributed by atoms with Gasteiger partial charge in [-0.3, -0.25) is 14.4 Å². The normalized spacial score (nSPS) is 31.2. The summed E-state index contributed by atoms with van der Waals surface area (Å²) in [6.45, 7) is 2.50. The summed E-state index contributed by atoms with van der Waals surface area (Å²) in [5.41, 5.74) is 3.06. The molecule has 1 aromatic rings. The number of carbonyl (C=O) groups is 3. The summed E-state index contributed by atoms with van der Waals surface area (Å²) in [5, 5.41) is 3.12. The van der Waals surface area contributed by atoms with Gasteiger partial charge in [-0.25, -0.2) is 0 Å². The number of fused-ring (bicyclic) bond motifs is 4. The number of esters is 1. The van der Waals surface area contributed by atoms with Crippen LogP contribution in [0.15, 0.2) is 47.1 Å². The number of rotatable bonds is 5. The highest BCUT2D eigenvalue weighted by molar-refractivity contribution is 5.93. The second-order valence-electron chi connectivity index (χ2n) is 11.8. The van der Waals surface area contributed by atoms with Crippen molar-refractivity contribution in [3.8, 4) is 11.8 Å². The Labute approximate surface area is 232 Å². The molecule has 5 nitrogen and oxygen atoms in total. The van der Waals surface area contributed by atoms with Gasteiger partial charge in [0.2, 0.25) is 0 Å². The number of hydrogen-bond donors (Lipinski definition) is 1. The predicted octanol–water partition coefficient (Wildman–Crippen LogP) is 6.31. The molecule has 0 amide bonds. The molecule has 0 heterocycles. The Hall–Kier alpha value is -3.34. The number of allylic oxidation sites excluding steroid dienone is 4. The Bertz CT molecular complexity index is 1360. The minimum absolute atomic E-state index is 0.0594. The van der Waals surface area contributed by atoms with Crippen LogP contribution in [0.5, 0.6) is 0 Å². The number of alkyl halides is 3. The van der Waals surface area contributed by atoms with Gasteiger partial charge < -0.3 is 10.1 Å². The van der Waals surface area contributed by atoms with Crippen LogP contribution >= 0.6 is 0 Å². The molecule has 2 saturated carbocycles. The first kappa shape index (κ1) is 28.2. The zero-order valence-electron chi connectivity index (χ0n) is 23.0. The largest absolute Gasteiger partial charge is 0.458 e. The number of ether oxygens (including phenoxy) is 1. The molecular formula is C32H34F3NO4. The molecule has 8 heteroatoms. The van der Waals surface area contributed by atoms with Crippen LogP contribution in [-0.2, 0) is 19.1 Å². The second-order valence-corrected chi connectivity index (χ2v) is 11.8. The van der Waals surface area contributed by atoms with E-state index in [1.54, 1.807) is 6.08 Å². The molecule has 5 rings (SSSR count). The fourth-order valence-electron chi connectivity index (χ4n) is 8.07. The smallest absolute Gasteiger partial charge is 0.457 e. The summed E-state index contributed by atoms with van der Waals surface area (Å²) in [6, 6.07) is 8.03. The number of Topliss-reactive ketones (excluding diaryl/α,β-unsaturated/α-hetero) is 1. The van der Waals surface area contributed by atoms with E-state index in [-0.39, 0.29) is 30.0 Å². The molecule has 2 fully saturated rings. The Morgan fingerprint density at radius 1 is 1.12 bits per heavy atom. The first-order valence-electron chi connectivity index (χ1n) is 13.9. The molecule has 0 aromatic heterocycles. The molecule has 0 aliphatic heterocycles. The van der Waals surface area contributed by atoms with Gasteiger partial charge in [0.15, 0.2) is 18.2 Å². The number of carbonyl (C=O) groups excluding carboxylic acids is 3. The maximum Gasteiger partial charge on any atom is 0.457 e. The highest BCUT2D eigenvalue weighted by Crippen LogP contribution is 2.69. The first-order valence-corrected chi connectivity index (χ1v) is 13.9. The van der Waals surface area contributed by atoms with E-state index in [2.05, 4.69) is 11.2 Å². The third-order valence-corrected chi connectivity index (χ3v) is 9.83. The molecular weight excluding hydrogens is 519 g/mol.